The number of carbonyl (C=O) groups excluding carboxylic acids is 1. The molecule has 2 heterocycles. The van der Waals surface area contributed by atoms with Gasteiger partial charge in [0, 0.05) is 25.2 Å². The molecule has 0 spiro atoms. The maximum atomic E-state index is 12.4. The zero-order valence-electron chi connectivity index (χ0n) is 14.2. The molecule has 2 aromatic heterocycles. The summed E-state index contributed by atoms with van der Waals surface area (Å²) in [4.78, 5) is 18.2. The van der Waals surface area contributed by atoms with Crippen molar-refractivity contribution in [3.63, 3.8) is 0 Å². The molecule has 0 saturated heterocycles. The Kier molecular flexibility index (Phi) is 5.63. The Hall–Kier alpha value is -2.44. The summed E-state index contributed by atoms with van der Waals surface area (Å²) in [6.07, 6.45) is 1.76. The van der Waals surface area contributed by atoms with Gasteiger partial charge in [-0.3, -0.25) is 4.79 Å². The maximum Gasteiger partial charge on any atom is 0.261 e. The van der Waals surface area contributed by atoms with Gasteiger partial charge in [0.15, 0.2) is 0 Å². The van der Waals surface area contributed by atoms with E-state index in [4.69, 9.17) is 9.47 Å². The van der Waals surface area contributed by atoms with Crippen molar-refractivity contribution in [1.29, 1.82) is 0 Å². The second-order valence-corrected chi connectivity index (χ2v) is 6.73. The fraction of sp³-hybridized carbons (Fsp3) is 0.263. The van der Waals surface area contributed by atoms with Crippen LogP contribution in [0.2, 0.25) is 0 Å². The van der Waals surface area contributed by atoms with Crippen LogP contribution < -0.4 is 10.1 Å². The van der Waals surface area contributed by atoms with Crippen LogP contribution in [0.4, 0.5) is 0 Å². The largest absolute Gasteiger partial charge is 0.491 e. The fourth-order valence-corrected chi connectivity index (χ4v) is 3.20. The Balaban J connectivity index is 1.60. The number of hydrogen-bond acceptors (Lipinski definition) is 5. The third kappa shape index (κ3) is 4.55. The number of hydrogen-bond donors (Lipinski definition) is 1. The van der Waals surface area contributed by atoms with Crippen molar-refractivity contribution in [3.8, 4) is 5.75 Å². The molecule has 1 amide bonds. The first-order valence-corrected chi connectivity index (χ1v) is 8.84. The number of methoxy groups -OCH3 is 1. The Labute approximate surface area is 150 Å². The molecule has 0 aliphatic heterocycles. The fourth-order valence-electron chi connectivity index (χ4n) is 2.28. The van der Waals surface area contributed by atoms with Crippen molar-refractivity contribution in [2.24, 2.45) is 0 Å². The summed E-state index contributed by atoms with van der Waals surface area (Å²) in [6.45, 7) is 2.88. The summed E-state index contributed by atoms with van der Waals surface area (Å²) in [7, 11) is 1.66. The molecule has 1 unspecified atom stereocenters. The second kappa shape index (κ2) is 8.09. The van der Waals surface area contributed by atoms with Crippen LogP contribution >= 0.6 is 11.3 Å². The van der Waals surface area contributed by atoms with Crippen molar-refractivity contribution in [3.05, 3.63) is 59.1 Å². The van der Waals surface area contributed by atoms with Gasteiger partial charge in [0.25, 0.3) is 5.91 Å². The van der Waals surface area contributed by atoms with Gasteiger partial charge in [-0.1, -0.05) is 18.2 Å². The van der Waals surface area contributed by atoms with E-state index in [-0.39, 0.29) is 12.0 Å². The van der Waals surface area contributed by atoms with Gasteiger partial charge < -0.3 is 14.8 Å². The summed E-state index contributed by atoms with van der Waals surface area (Å²) in [5.74, 6) is 0.670. The highest BCUT2D eigenvalue weighted by Crippen LogP contribution is 2.23. The average molecular weight is 356 g/mol. The number of thiophene rings is 1. The van der Waals surface area contributed by atoms with Crippen LogP contribution in [0.15, 0.2) is 48.7 Å². The molecule has 6 heteroatoms. The molecule has 1 N–H and O–H groups in total. The van der Waals surface area contributed by atoms with E-state index in [9.17, 15) is 4.79 Å². The third-order valence-corrected chi connectivity index (χ3v) is 4.81. The van der Waals surface area contributed by atoms with Gasteiger partial charge in [0.1, 0.15) is 17.2 Å². The van der Waals surface area contributed by atoms with Crippen LogP contribution in [-0.2, 0) is 11.3 Å². The highest BCUT2D eigenvalue weighted by Gasteiger charge is 2.10. The minimum absolute atomic E-state index is 0.0323. The molecular formula is C19H20N2O3S. The Bertz CT molecular complexity index is 830. The zero-order chi connectivity index (χ0) is 17.6. The predicted molar refractivity (Wildman–Crippen MR) is 99.2 cm³/mol. The predicted octanol–water partition coefficient (Wildman–Crippen LogP) is 3.64. The number of pyridine rings is 1. The van der Waals surface area contributed by atoms with Gasteiger partial charge in [-0.15, -0.1) is 11.3 Å². The smallest absolute Gasteiger partial charge is 0.261 e. The van der Waals surface area contributed by atoms with E-state index < -0.39 is 0 Å². The summed E-state index contributed by atoms with van der Waals surface area (Å²) >= 11 is 1.40. The molecule has 5 nitrogen and oxygen atoms in total. The lowest BCUT2D eigenvalue weighted by atomic mass is 10.2. The number of ether oxygens (including phenoxy) is 2. The first-order valence-electron chi connectivity index (χ1n) is 8.03. The minimum atomic E-state index is -0.0951. The van der Waals surface area contributed by atoms with E-state index in [1.807, 2.05) is 49.4 Å². The molecule has 3 aromatic rings. The molecule has 0 aliphatic carbocycles. The van der Waals surface area contributed by atoms with E-state index in [1.165, 1.54) is 11.3 Å². The van der Waals surface area contributed by atoms with Crippen molar-refractivity contribution >= 4 is 27.5 Å². The number of rotatable bonds is 7. The number of nitrogens with zero attached hydrogens (tertiary/aromatic N) is 1. The highest BCUT2D eigenvalue weighted by atomic mass is 32.1. The maximum absolute atomic E-state index is 12.4. The van der Waals surface area contributed by atoms with Crippen LogP contribution in [0.1, 0.15) is 22.2 Å². The van der Waals surface area contributed by atoms with Crippen molar-refractivity contribution in [2.75, 3.05) is 13.7 Å². The summed E-state index contributed by atoms with van der Waals surface area (Å²) < 4.78 is 10.9. The van der Waals surface area contributed by atoms with Gasteiger partial charge in [0.2, 0.25) is 0 Å². The molecule has 1 atom stereocenters. The van der Waals surface area contributed by atoms with Crippen LogP contribution in [0.25, 0.3) is 10.2 Å². The summed E-state index contributed by atoms with van der Waals surface area (Å²) in [6, 6.07) is 13.4. The zero-order valence-corrected chi connectivity index (χ0v) is 15.0. The first-order chi connectivity index (χ1) is 12.2. The minimum Gasteiger partial charge on any atom is -0.491 e. The quantitative estimate of drug-likeness (QED) is 0.702. The Morgan fingerprint density at radius 3 is 2.96 bits per heavy atom. The van der Waals surface area contributed by atoms with Gasteiger partial charge in [-0.2, -0.15) is 0 Å². The first kappa shape index (κ1) is 17.4. The Morgan fingerprint density at radius 2 is 2.16 bits per heavy atom. The summed E-state index contributed by atoms with van der Waals surface area (Å²) in [5, 5.41) is 3.93. The SMILES string of the molecule is COC(C)COc1cccc(CNC(=O)c2cc3cccnc3s2)c1. The van der Waals surface area contributed by atoms with Crippen LogP contribution in [-0.4, -0.2) is 30.7 Å². The highest BCUT2D eigenvalue weighted by molar-refractivity contribution is 7.20. The molecule has 0 bridgehead atoms. The Morgan fingerprint density at radius 1 is 1.28 bits per heavy atom. The molecule has 25 heavy (non-hydrogen) atoms. The van der Waals surface area contributed by atoms with Crippen molar-refractivity contribution in [2.45, 2.75) is 19.6 Å². The normalized spacial score (nSPS) is 12.1. The van der Waals surface area contributed by atoms with E-state index in [2.05, 4.69) is 10.3 Å². The second-order valence-electron chi connectivity index (χ2n) is 5.70. The van der Waals surface area contributed by atoms with Crippen molar-refractivity contribution < 1.29 is 14.3 Å². The molecule has 130 valence electrons. The van der Waals surface area contributed by atoms with Gasteiger partial charge >= 0.3 is 0 Å². The number of benzene rings is 1. The number of amides is 1. The number of aromatic nitrogens is 1. The molecule has 0 radical (unpaired) electrons. The lowest BCUT2D eigenvalue weighted by Crippen LogP contribution is -2.21. The number of fused-ring (bicyclic) bond motifs is 1. The monoisotopic (exact) mass is 356 g/mol. The molecular weight excluding hydrogens is 336 g/mol. The number of carbonyl (C=O) groups is 1. The van der Waals surface area contributed by atoms with E-state index in [0.29, 0.717) is 18.0 Å². The van der Waals surface area contributed by atoms with E-state index in [0.717, 1.165) is 21.5 Å². The van der Waals surface area contributed by atoms with E-state index >= 15 is 0 Å². The molecule has 1 aromatic carbocycles. The third-order valence-electron chi connectivity index (χ3n) is 3.76. The van der Waals surface area contributed by atoms with Gasteiger partial charge in [0.05, 0.1) is 11.0 Å². The standard InChI is InChI=1S/C19H20N2O3S/c1-13(23-2)12-24-16-7-3-5-14(9-16)11-21-18(22)17-10-15-6-4-8-20-19(15)25-17/h3-10,13H,11-12H2,1-2H3,(H,21,22). The lowest BCUT2D eigenvalue weighted by molar-refractivity contribution is 0.0716. The number of nitrogens with one attached hydrogen (secondary N) is 1. The van der Waals surface area contributed by atoms with Gasteiger partial charge in [-0.25, -0.2) is 4.98 Å². The average Bonchev–Trinajstić information content (AvgIpc) is 3.09. The van der Waals surface area contributed by atoms with Crippen LogP contribution in [0, 0.1) is 0 Å². The van der Waals surface area contributed by atoms with Crippen LogP contribution in [0.5, 0.6) is 5.75 Å². The van der Waals surface area contributed by atoms with E-state index in [1.54, 1.807) is 13.3 Å². The lowest BCUT2D eigenvalue weighted by Gasteiger charge is -2.12. The molecule has 0 fully saturated rings. The van der Waals surface area contributed by atoms with Crippen LogP contribution in [0.3, 0.4) is 0 Å². The van der Waals surface area contributed by atoms with Crippen molar-refractivity contribution in [1.82, 2.24) is 10.3 Å². The molecule has 3 rings (SSSR count). The molecule has 0 aliphatic rings. The van der Waals surface area contributed by atoms with Gasteiger partial charge in [-0.05, 0) is 36.8 Å². The summed E-state index contributed by atoms with van der Waals surface area (Å²) in [5.41, 5.74) is 0.982. The molecule has 0 saturated carbocycles. The topological polar surface area (TPSA) is 60.5 Å².